The van der Waals surface area contributed by atoms with E-state index in [9.17, 15) is 13.6 Å². The molecule has 1 aromatic carbocycles. The van der Waals surface area contributed by atoms with Crippen molar-refractivity contribution in [2.45, 2.75) is 12.8 Å². The van der Waals surface area contributed by atoms with Crippen molar-refractivity contribution in [3.63, 3.8) is 0 Å². The lowest BCUT2D eigenvalue weighted by Crippen LogP contribution is -2.25. The van der Waals surface area contributed by atoms with Gasteiger partial charge in [-0.15, -0.1) is 0 Å². The molecule has 0 saturated heterocycles. The molecule has 6 heteroatoms. The first kappa shape index (κ1) is 13.4. The van der Waals surface area contributed by atoms with E-state index in [4.69, 9.17) is 10.8 Å². The van der Waals surface area contributed by atoms with Gasteiger partial charge in [0.1, 0.15) is 0 Å². The molecular weight excluding hydrogens is 230 g/mol. The molecule has 0 fully saturated rings. The number of hydrogen-bond donors (Lipinski definition) is 3. The van der Waals surface area contributed by atoms with Gasteiger partial charge in [-0.1, -0.05) is 0 Å². The number of unbranched alkanes of at least 4 members (excludes halogenated alkanes) is 1. The third-order valence-electron chi connectivity index (χ3n) is 2.21. The standard InChI is InChI=1S/C11H14F2N2O2/c12-8-5-7(10(14)6-9(8)13)11(17)15-3-1-2-4-16/h5-6,16H,1-4,14H2,(H,15,17). The highest BCUT2D eigenvalue weighted by molar-refractivity contribution is 5.99. The Balaban J connectivity index is 2.66. The molecule has 1 amide bonds. The molecule has 4 N–H and O–H groups in total. The van der Waals surface area contributed by atoms with E-state index < -0.39 is 17.5 Å². The summed E-state index contributed by atoms with van der Waals surface area (Å²) in [4.78, 5) is 11.5. The van der Waals surface area contributed by atoms with Crippen molar-refractivity contribution in [3.05, 3.63) is 29.3 Å². The monoisotopic (exact) mass is 244 g/mol. The summed E-state index contributed by atoms with van der Waals surface area (Å²) in [6, 6.07) is 1.55. The van der Waals surface area contributed by atoms with Crippen molar-refractivity contribution < 1.29 is 18.7 Å². The Kier molecular flexibility index (Phi) is 4.84. The topological polar surface area (TPSA) is 75.4 Å². The number of carbonyl (C=O) groups excluding carboxylic acids is 1. The van der Waals surface area contributed by atoms with E-state index in [2.05, 4.69) is 5.32 Å². The van der Waals surface area contributed by atoms with Gasteiger partial charge in [-0.2, -0.15) is 0 Å². The van der Waals surface area contributed by atoms with Gasteiger partial charge in [0.15, 0.2) is 11.6 Å². The van der Waals surface area contributed by atoms with Gasteiger partial charge in [0.05, 0.1) is 5.56 Å². The third kappa shape index (κ3) is 3.67. The van der Waals surface area contributed by atoms with Crippen LogP contribution in [-0.2, 0) is 0 Å². The SMILES string of the molecule is Nc1cc(F)c(F)cc1C(=O)NCCCCO. The van der Waals surface area contributed by atoms with E-state index >= 15 is 0 Å². The third-order valence-corrected chi connectivity index (χ3v) is 2.21. The minimum atomic E-state index is -1.11. The first-order chi connectivity index (χ1) is 8.06. The maximum atomic E-state index is 12.9. The van der Waals surface area contributed by atoms with Crippen molar-refractivity contribution in [1.29, 1.82) is 0 Å². The zero-order chi connectivity index (χ0) is 12.8. The average Bonchev–Trinajstić information content (AvgIpc) is 2.29. The summed E-state index contributed by atoms with van der Waals surface area (Å²) in [5, 5.41) is 11.0. The van der Waals surface area contributed by atoms with E-state index in [1.54, 1.807) is 0 Å². The van der Waals surface area contributed by atoms with E-state index in [1.807, 2.05) is 0 Å². The van der Waals surface area contributed by atoms with Gasteiger partial charge in [-0.3, -0.25) is 4.79 Å². The molecule has 0 aliphatic heterocycles. The Hall–Kier alpha value is -1.69. The molecule has 4 nitrogen and oxygen atoms in total. The number of nitrogen functional groups attached to an aromatic ring is 1. The van der Waals surface area contributed by atoms with Crippen LogP contribution in [-0.4, -0.2) is 24.2 Å². The highest BCUT2D eigenvalue weighted by atomic mass is 19.2. The van der Waals surface area contributed by atoms with Crippen molar-refractivity contribution in [1.82, 2.24) is 5.32 Å². The van der Waals surface area contributed by atoms with Crippen LogP contribution in [0.2, 0.25) is 0 Å². The lowest BCUT2D eigenvalue weighted by molar-refractivity contribution is 0.0952. The van der Waals surface area contributed by atoms with Gasteiger partial charge in [0, 0.05) is 24.9 Å². The number of rotatable bonds is 5. The Morgan fingerprint density at radius 3 is 2.59 bits per heavy atom. The summed E-state index contributed by atoms with van der Waals surface area (Å²) in [5.74, 6) is -2.75. The van der Waals surface area contributed by atoms with Gasteiger partial charge in [-0.05, 0) is 18.9 Å². The molecule has 0 saturated carbocycles. The van der Waals surface area contributed by atoms with Gasteiger partial charge in [0.2, 0.25) is 0 Å². The van der Waals surface area contributed by atoms with E-state index in [-0.39, 0.29) is 17.9 Å². The second-order valence-corrected chi connectivity index (χ2v) is 3.54. The van der Waals surface area contributed by atoms with Crippen LogP contribution in [0.1, 0.15) is 23.2 Å². The number of aliphatic hydroxyl groups is 1. The van der Waals surface area contributed by atoms with Crippen LogP contribution in [0.25, 0.3) is 0 Å². The molecule has 0 spiro atoms. The fraction of sp³-hybridized carbons (Fsp3) is 0.364. The molecule has 0 unspecified atom stereocenters. The van der Waals surface area contributed by atoms with Crippen molar-refractivity contribution >= 4 is 11.6 Å². The number of aliphatic hydroxyl groups excluding tert-OH is 1. The molecule has 0 heterocycles. The van der Waals surface area contributed by atoms with Gasteiger partial charge in [-0.25, -0.2) is 8.78 Å². The quantitative estimate of drug-likeness (QED) is 0.535. The summed E-state index contributed by atoms with van der Waals surface area (Å²) < 4.78 is 25.7. The maximum absolute atomic E-state index is 12.9. The Morgan fingerprint density at radius 1 is 1.29 bits per heavy atom. The Bertz CT molecular complexity index is 411. The molecule has 0 atom stereocenters. The number of nitrogens with one attached hydrogen (secondary N) is 1. The zero-order valence-electron chi connectivity index (χ0n) is 9.17. The first-order valence-corrected chi connectivity index (χ1v) is 5.20. The molecule has 1 aromatic rings. The predicted octanol–water partition coefficient (Wildman–Crippen LogP) is 1.05. The molecule has 17 heavy (non-hydrogen) atoms. The second kappa shape index (κ2) is 6.15. The highest BCUT2D eigenvalue weighted by Crippen LogP contribution is 2.16. The van der Waals surface area contributed by atoms with Crippen LogP contribution in [0.3, 0.4) is 0 Å². The minimum Gasteiger partial charge on any atom is -0.398 e. The second-order valence-electron chi connectivity index (χ2n) is 3.54. The number of amides is 1. The maximum Gasteiger partial charge on any atom is 0.253 e. The van der Waals surface area contributed by atoms with Gasteiger partial charge >= 0.3 is 0 Å². The smallest absolute Gasteiger partial charge is 0.253 e. The number of halogens is 2. The van der Waals surface area contributed by atoms with Crippen LogP contribution >= 0.6 is 0 Å². The molecular formula is C11H14F2N2O2. The Labute approximate surface area is 97.4 Å². The van der Waals surface area contributed by atoms with Crippen molar-refractivity contribution in [2.24, 2.45) is 0 Å². The average molecular weight is 244 g/mol. The summed E-state index contributed by atoms with van der Waals surface area (Å²) in [6.45, 7) is 0.390. The number of anilines is 1. The fourth-order valence-corrected chi connectivity index (χ4v) is 1.29. The van der Waals surface area contributed by atoms with Crippen LogP contribution in [0.4, 0.5) is 14.5 Å². The molecule has 0 bridgehead atoms. The predicted molar refractivity (Wildman–Crippen MR) is 59.4 cm³/mol. The number of carbonyl (C=O) groups is 1. The summed E-state index contributed by atoms with van der Waals surface area (Å²) in [5.41, 5.74) is 5.22. The zero-order valence-corrected chi connectivity index (χ0v) is 9.17. The van der Waals surface area contributed by atoms with Crippen molar-refractivity contribution in [2.75, 3.05) is 18.9 Å². The summed E-state index contributed by atoms with van der Waals surface area (Å²) in [7, 11) is 0. The lowest BCUT2D eigenvalue weighted by atomic mass is 10.1. The van der Waals surface area contributed by atoms with E-state index in [1.165, 1.54) is 0 Å². The molecule has 0 aromatic heterocycles. The lowest BCUT2D eigenvalue weighted by Gasteiger charge is -2.07. The number of nitrogens with two attached hydrogens (primary N) is 1. The van der Waals surface area contributed by atoms with Crippen LogP contribution in [0.5, 0.6) is 0 Å². The van der Waals surface area contributed by atoms with Crippen LogP contribution < -0.4 is 11.1 Å². The van der Waals surface area contributed by atoms with E-state index in [0.717, 1.165) is 12.1 Å². The van der Waals surface area contributed by atoms with Crippen LogP contribution in [0.15, 0.2) is 12.1 Å². The largest absolute Gasteiger partial charge is 0.398 e. The molecule has 0 radical (unpaired) electrons. The normalized spacial score (nSPS) is 10.3. The fourth-order valence-electron chi connectivity index (χ4n) is 1.29. The highest BCUT2D eigenvalue weighted by Gasteiger charge is 2.13. The molecule has 94 valence electrons. The van der Waals surface area contributed by atoms with Crippen LogP contribution in [0, 0.1) is 11.6 Å². The molecule has 0 aliphatic rings. The molecule has 1 rings (SSSR count). The van der Waals surface area contributed by atoms with E-state index in [0.29, 0.717) is 19.4 Å². The number of hydrogen-bond acceptors (Lipinski definition) is 3. The first-order valence-electron chi connectivity index (χ1n) is 5.20. The van der Waals surface area contributed by atoms with Gasteiger partial charge in [0.25, 0.3) is 5.91 Å². The Morgan fingerprint density at radius 2 is 1.94 bits per heavy atom. The van der Waals surface area contributed by atoms with Gasteiger partial charge < -0.3 is 16.2 Å². The summed E-state index contributed by atoms with van der Waals surface area (Å²) in [6.07, 6.45) is 1.17. The minimum absolute atomic E-state index is 0.0448. The molecule has 0 aliphatic carbocycles. The van der Waals surface area contributed by atoms with Crippen molar-refractivity contribution in [3.8, 4) is 0 Å². The summed E-state index contributed by atoms with van der Waals surface area (Å²) >= 11 is 0. The number of benzene rings is 1.